The summed E-state index contributed by atoms with van der Waals surface area (Å²) < 4.78 is 0. The predicted molar refractivity (Wildman–Crippen MR) is 73.9 cm³/mol. The van der Waals surface area contributed by atoms with Crippen molar-refractivity contribution < 1.29 is 0 Å². The third kappa shape index (κ3) is 2.39. The zero-order valence-corrected chi connectivity index (χ0v) is 11.1. The van der Waals surface area contributed by atoms with Crippen molar-refractivity contribution in [3.8, 4) is 0 Å². The fraction of sp³-hybridized carbons (Fsp3) is 0.786. The second-order valence-electron chi connectivity index (χ2n) is 5.74. The molecule has 100 valence electrons. The van der Waals surface area contributed by atoms with Gasteiger partial charge in [-0.15, -0.1) is 0 Å². The van der Waals surface area contributed by atoms with E-state index in [2.05, 4.69) is 15.1 Å². The molecule has 0 unspecified atom stereocenters. The molecule has 1 aliphatic carbocycles. The molecule has 18 heavy (non-hydrogen) atoms. The van der Waals surface area contributed by atoms with Crippen LogP contribution in [-0.4, -0.2) is 29.3 Å². The summed E-state index contributed by atoms with van der Waals surface area (Å²) in [6.45, 7) is 2.14. The fourth-order valence-corrected chi connectivity index (χ4v) is 3.19. The number of H-pyrrole nitrogens is 1. The molecule has 4 heteroatoms. The lowest BCUT2D eigenvalue weighted by atomic mass is 9.97. The van der Waals surface area contributed by atoms with Gasteiger partial charge >= 0.3 is 0 Å². The van der Waals surface area contributed by atoms with E-state index in [0.29, 0.717) is 6.04 Å². The van der Waals surface area contributed by atoms with Crippen LogP contribution in [0.15, 0.2) is 0 Å². The van der Waals surface area contributed by atoms with Crippen LogP contribution in [0.4, 0.5) is 5.82 Å². The van der Waals surface area contributed by atoms with E-state index >= 15 is 0 Å². The van der Waals surface area contributed by atoms with Crippen LogP contribution >= 0.6 is 0 Å². The molecule has 1 aromatic rings. The van der Waals surface area contributed by atoms with Gasteiger partial charge in [0, 0.05) is 30.4 Å². The Morgan fingerprint density at radius 3 is 2.56 bits per heavy atom. The summed E-state index contributed by atoms with van der Waals surface area (Å²) in [5.41, 5.74) is 8.86. The van der Waals surface area contributed by atoms with E-state index in [1.807, 2.05) is 0 Å². The summed E-state index contributed by atoms with van der Waals surface area (Å²) in [7, 11) is 0. The summed E-state index contributed by atoms with van der Waals surface area (Å²) in [6, 6.07) is 0.391. The van der Waals surface area contributed by atoms with Gasteiger partial charge in [0.25, 0.3) is 0 Å². The van der Waals surface area contributed by atoms with E-state index in [9.17, 15) is 0 Å². The van der Waals surface area contributed by atoms with E-state index < -0.39 is 0 Å². The molecule has 0 aromatic carbocycles. The van der Waals surface area contributed by atoms with E-state index in [1.165, 1.54) is 55.6 Å². The van der Waals surface area contributed by atoms with Crippen molar-refractivity contribution in [2.75, 3.05) is 18.0 Å². The monoisotopic (exact) mass is 248 g/mol. The van der Waals surface area contributed by atoms with Gasteiger partial charge in [-0.1, -0.05) is 12.8 Å². The topological polar surface area (TPSA) is 57.9 Å². The Morgan fingerprint density at radius 2 is 1.78 bits per heavy atom. The molecule has 1 fully saturated rings. The third-order valence-corrected chi connectivity index (χ3v) is 4.37. The van der Waals surface area contributed by atoms with Crippen LogP contribution in [0.1, 0.15) is 49.8 Å². The largest absolute Gasteiger partial charge is 0.355 e. The number of rotatable bonds is 1. The highest BCUT2D eigenvalue weighted by molar-refractivity contribution is 5.50. The Morgan fingerprint density at radius 1 is 1.06 bits per heavy atom. The van der Waals surface area contributed by atoms with Crippen LogP contribution < -0.4 is 10.6 Å². The van der Waals surface area contributed by atoms with E-state index in [1.54, 1.807) is 0 Å². The summed E-state index contributed by atoms with van der Waals surface area (Å²) in [6.07, 6.45) is 9.93. The van der Waals surface area contributed by atoms with Gasteiger partial charge in [-0.3, -0.25) is 5.10 Å². The van der Waals surface area contributed by atoms with E-state index in [4.69, 9.17) is 5.73 Å². The zero-order chi connectivity index (χ0) is 12.4. The van der Waals surface area contributed by atoms with Gasteiger partial charge < -0.3 is 10.6 Å². The van der Waals surface area contributed by atoms with Crippen LogP contribution in [0, 0.1) is 0 Å². The standard InChI is InChI=1S/C14H24N4/c15-11-7-9-18(10-8-11)14-12-5-3-1-2-4-6-13(12)16-17-14/h11H,1-10,15H2,(H,16,17). The van der Waals surface area contributed by atoms with Crippen molar-refractivity contribution in [1.82, 2.24) is 10.2 Å². The molecule has 3 N–H and O–H groups in total. The molecule has 3 rings (SSSR count). The highest BCUT2D eigenvalue weighted by atomic mass is 15.3. The molecule has 4 nitrogen and oxygen atoms in total. The molecular weight excluding hydrogens is 224 g/mol. The number of anilines is 1. The lowest BCUT2D eigenvalue weighted by Gasteiger charge is -2.31. The Hall–Kier alpha value is -1.03. The molecule has 0 spiro atoms. The first kappa shape index (κ1) is 12.0. The summed E-state index contributed by atoms with van der Waals surface area (Å²) >= 11 is 0. The van der Waals surface area contributed by atoms with Crippen molar-refractivity contribution in [3.63, 3.8) is 0 Å². The first-order valence-corrected chi connectivity index (χ1v) is 7.41. The molecule has 0 atom stereocenters. The van der Waals surface area contributed by atoms with Crippen molar-refractivity contribution in [3.05, 3.63) is 11.3 Å². The number of nitrogens with zero attached hydrogens (tertiary/aromatic N) is 2. The van der Waals surface area contributed by atoms with Crippen LogP contribution in [0.5, 0.6) is 0 Å². The molecule has 0 amide bonds. The van der Waals surface area contributed by atoms with E-state index in [0.717, 1.165) is 25.9 Å². The molecule has 1 saturated heterocycles. The number of nitrogens with two attached hydrogens (primary N) is 1. The highest BCUT2D eigenvalue weighted by Gasteiger charge is 2.23. The van der Waals surface area contributed by atoms with Crippen LogP contribution in [0.3, 0.4) is 0 Å². The number of nitrogens with one attached hydrogen (secondary N) is 1. The van der Waals surface area contributed by atoms with Crippen molar-refractivity contribution in [2.45, 2.75) is 57.4 Å². The molecular formula is C14H24N4. The lowest BCUT2D eigenvalue weighted by molar-refractivity contribution is 0.497. The minimum Gasteiger partial charge on any atom is -0.355 e. The van der Waals surface area contributed by atoms with Gasteiger partial charge in [-0.2, -0.15) is 5.10 Å². The van der Waals surface area contributed by atoms with Crippen molar-refractivity contribution in [2.24, 2.45) is 5.73 Å². The quantitative estimate of drug-likeness (QED) is 0.799. The lowest BCUT2D eigenvalue weighted by Crippen LogP contribution is -2.40. The first-order valence-electron chi connectivity index (χ1n) is 7.41. The molecule has 2 aliphatic rings. The SMILES string of the molecule is NC1CCN(c2n[nH]c3c2CCCCCC3)CC1. The molecule has 0 bridgehead atoms. The average molecular weight is 248 g/mol. The maximum absolute atomic E-state index is 5.98. The van der Waals surface area contributed by atoms with Gasteiger partial charge in [-0.05, 0) is 38.5 Å². The van der Waals surface area contributed by atoms with Crippen molar-refractivity contribution >= 4 is 5.82 Å². The molecule has 0 saturated carbocycles. The van der Waals surface area contributed by atoms with Crippen LogP contribution in [-0.2, 0) is 12.8 Å². The maximum Gasteiger partial charge on any atom is 0.153 e. The second kappa shape index (κ2) is 5.31. The Kier molecular flexibility index (Phi) is 3.55. The molecule has 1 aromatic heterocycles. The number of aromatic nitrogens is 2. The minimum atomic E-state index is 0.391. The van der Waals surface area contributed by atoms with Gasteiger partial charge in [-0.25, -0.2) is 0 Å². The van der Waals surface area contributed by atoms with Crippen LogP contribution in [0.2, 0.25) is 0 Å². The molecule has 2 heterocycles. The number of fused-ring (bicyclic) bond motifs is 1. The average Bonchev–Trinajstić information content (AvgIpc) is 2.72. The first-order chi connectivity index (χ1) is 8.84. The Bertz CT molecular complexity index is 390. The Labute approximate surface area is 109 Å². The number of hydrogen-bond donors (Lipinski definition) is 2. The van der Waals surface area contributed by atoms with Gasteiger partial charge in [0.1, 0.15) is 0 Å². The number of aromatic amines is 1. The predicted octanol–water partition coefficient (Wildman–Crippen LogP) is 2.00. The van der Waals surface area contributed by atoms with Gasteiger partial charge in [0.15, 0.2) is 5.82 Å². The van der Waals surface area contributed by atoms with Gasteiger partial charge in [0.2, 0.25) is 0 Å². The highest BCUT2D eigenvalue weighted by Crippen LogP contribution is 2.28. The molecule has 0 radical (unpaired) electrons. The smallest absolute Gasteiger partial charge is 0.153 e. The number of aryl methyl sites for hydroxylation is 1. The maximum atomic E-state index is 5.98. The van der Waals surface area contributed by atoms with E-state index in [-0.39, 0.29) is 0 Å². The van der Waals surface area contributed by atoms with Crippen LogP contribution in [0.25, 0.3) is 0 Å². The zero-order valence-electron chi connectivity index (χ0n) is 11.1. The summed E-state index contributed by atoms with van der Waals surface area (Å²) in [5, 5.41) is 7.87. The third-order valence-electron chi connectivity index (χ3n) is 4.37. The minimum absolute atomic E-state index is 0.391. The fourth-order valence-electron chi connectivity index (χ4n) is 3.19. The second-order valence-corrected chi connectivity index (χ2v) is 5.74. The Balaban J connectivity index is 1.79. The number of piperidine rings is 1. The number of hydrogen-bond acceptors (Lipinski definition) is 3. The molecule has 1 aliphatic heterocycles. The summed E-state index contributed by atoms with van der Waals surface area (Å²) in [4.78, 5) is 2.43. The normalized spacial score (nSPS) is 22.4. The summed E-state index contributed by atoms with van der Waals surface area (Å²) in [5.74, 6) is 1.22. The van der Waals surface area contributed by atoms with Gasteiger partial charge in [0.05, 0.1) is 0 Å². The van der Waals surface area contributed by atoms with Crippen molar-refractivity contribution in [1.29, 1.82) is 0 Å².